The SMILES string of the molecule is CC(NCc1ccc(O)c(O)c1O)C1CCOCC1. The van der Waals surface area contributed by atoms with Crippen molar-refractivity contribution >= 4 is 0 Å². The van der Waals surface area contributed by atoms with Gasteiger partial charge in [-0.05, 0) is 31.7 Å². The molecule has 1 unspecified atom stereocenters. The summed E-state index contributed by atoms with van der Waals surface area (Å²) in [5, 5.41) is 31.8. The van der Waals surface area contributed by atoms with E-state index in [0.717, 1.165) is 26.1 Å². The second kappa shape index (κ2) is 6.12. The number of rotatable bonds is 4. The quantitative estimate of drug-likeness (QED) is 0.624. The Bertz CT molecular complexity index is 430. The highest BCUT2D eigenvalue weighted by Crippen LogP contribution is 2.37. The van der Waals surface area contributed by atoms with Crippen molar-refractivity contribution in [3.8, 4) is 17.2 Å². The Labute approximate surface area is 112 Å². The highest BCUT2D eigenvalue weighted by atomic mass is 16.5. The molecule has 1 atom stereocenters. The summed E-state index contributed by atoms with van der Waals surface area (Å²) in [6, 6.07) is 3.30. The first kappa shape index (κ1) is 14.0. The molecule has 1 aromatic rings. The van der Waals surface area contributed by atoms with Gasteiger partial charge in [0, 0.05) is 31.4 Å². The van der Waals surface area contributed by atoms with Crippen molar-refractivity contribution < 1.29 is 20.1 Å². The van der Waals surface area contributed by atoms with Gasteiger partial charge in [0.15, 0.2) is 11.5 Å². The van der Waals surface area contributed by atoms with E-state index in [2.05, 4.69) is 12.2 Å². The number of ether oxygens (including phenoxy) is 1. The molecule has 1 aromatic carbocycles. The van der Waals surface area contributed by atoms with Crippen LogP contribution >= 0.6 is 0 Å². The summed E-state index contributed by atoms with van der Waals surface area (Å²) in [5.41, 5.74) is 0.578. The summed E-state index contributed by atoms with van der Waals surface area (Å²) >= 11 is 0. The van der Waals surface area contributed by atoms with Crippen LogP contribution in [0.15, 0.2) is 12.1 Å². The van der Waals surface area contributed by atoms with Crippen molar-refractivity contribution in [2.24, 2.45) is 5.92 Å². The number of phenols is 3. The van der Waals surface area contributed by atoms with Crippen LogP contribution in [0.1, 0.15) is 25.3 Å². The molecule has 4 N–H and O–H groups in total. The fourth-order valence-corrected chi connectivity index (χ4v) is 2.41. The number of hydrogen-bond acceptors (Lipinski definition) is 5. The number of hydrogen-bond donors (Lipinski definition) is 4. The van der Waals surface area contributed by atoms with Crippen molar-refractivity contribution in [2.45, 2.75) is 32.4 Å². The van der Waals surface area contributed by atoms with E-state index in [1.165, 1.54) is 6.07 Å². The monoisotopic (exact) mass is 267 g/mol. The number of phenolic OH excluding ortho intramolecular Hbond substituents is 3. The van der Waals surface area contributed by atoms with Crippen LogP contribution in [0.4, 0.5) is 0 Å². The van der Waals surface area contributed by atoms with Crippen molar-refractivity contribution in [1.82, 2.24) is 5.32 Å². The fourth-order valence-electron chi connectivity index (χ4n) is 2.41. The van der Waals surface area contributed by atoms with Gasteiger partial charge < -0.3 is 25.4 Å². The molecule has 1 saturated heterocycles. The van der Waals surface area contributed by atoms with E-state index in [-0.39, 0.29) is 11.5 Å². The lowest BCUT2D eigenvalue weighted by atomic mass is 9.93. The third-order valence-corrected chi connectivity index (χ3v) is 3.80. The lowest BCUT2D eigenvalue weighted by Crippen LogP contribution is -2.36. The van der Waals surface area contributed by atoms with Crippen LogP contribution in [0.5, 0.6) is 17.2 Å². The van der Waals surface area contributed by atoms with E-state index in [1.807, 2.05) is 0 Å². The molecular formula is C14H21NO4. The molecule has 106 valence electrons. The number of nitrogens with one attached hydrogen (secondary N) is 1. The van der Waals surface area contributed by atoms with Crippen LogP contribution in [0.2, 0.25) is 0 Å². The molecule has 0 amide bonds. The molecule has 0 saturated carbocycles. The third-order valence-electron chi connectivity index (χ3n) is 3.80. The van der Waals surface area contributed by atoms with Crippen LogP contribution in [-0.4, -0.2) is 34.6 Å². The van der Waals surface area contributed by atoms with E-state index >= 15 is 0 Å². The van der Waals surface area contributed by atoms with Gasteiger partial charge in [0.25, 0.3) is 0 Å². The molecule has 0 aliphatic carbocycles. The Hall–Kier alpha value is -1.46. The van der Waals surface area contributed by atoms with E-state index in [9.17, 15) is 15.3 Å². The summed E-state index contributed by atoms with van der Waals surface area (Å²) in [5.74, 6) is -0.454. The van der Waals surface area contributed by atoms with E-state index in [0.29, 0.717) is 24.1 Å². The minimum absolute atomic E-state index is 0.258. The molecule has 5 heteroatoms. The maximum Gasteiger partial charge on any atom is 0.200 e. The van der Waals surface area contributed by atoms with Gasteiger partial charge in [-0.3, -0.25) is 0 Å². The van der Waals surface area contributed by atoms with Gasteiger partial charge in [0.1, 0.15) is 0 Å². The molecule has 2 rings (SSSR count). The largest absolute Gasteiger partial charge is 0.504 e. The molecule has 5 nitrogen and oxygen atoms in total. The van der Waals surface area contributed by atoms with E-state index in [4.69, 9.17) is 4.74 Å². The van der Waals surface area contributed by atoms with E-state index in [1.54, 1.807) is 6.07 Å². The lowest BCUT2D eigenvalue weighted by molar-refractivity contribution is 0.0557. The Morgan fingerprint density at radius 1 is 1.21 bits per heavy atom. The molecule has 1 aliphatic rings. The molecule has 1 heterocycles. The second-order valence-electron chi connectivity index (χ2n) is 5.06. The topological polar surface area (TPSA) is 82.0 Å². The summed E-state index contributed by atoms with van der Waals surface area (Å²) < 4.78 is 5.33. The highest BCUT2D eigenvalue weighted by molar-refractivity contribution is 5.52. The summed E-state index contributed by atoms with van der Waals surface area (Å²) in [4.78, 5) is 0. The summed E-state index contributed by atoms with van der Waals surface area (Å²) in [6.45, 7) is 4.19. The zero-order valence-corrected chi connectivity index (χ0v) is 11.1. The summed E-state index contributed by atoms with van der Waals surface area (Å²) in [7, 11) is 0. The molecule has 0 spiro atoms. The lowest BCUT2D eigenvalue weighted by Gasteiger charge is -2.28. The molecule has 1 fully saturated rings. The average Bonchev–Trinajstić information content (AvgIpc) is 2.45. The first-order chi connectivity index (χ1) is 9.09. The van der Waals surface area contributed by atoms with Gasteiger partial charge in [-0.2, -0.15) is 0 Å². The predicted molar refractivity (Wildman–Crippen MR) is 71.3 cm³/mol. The number of aromatic hydroxyl groups is 3. The second-order valence-corrected chi connectivity index (χ2v) is 5.06. The van der Waals surface area contributed by atoms with Crippen molar-refractivity contribution in [3.05, 3.63) is 17.7 Å². The Kier molecular flexibility index (Phi) is 4.50. The van der Waals surface area contributed by atoms with Crippen LogP contribution in [0.25, 0.3) is 0 Å². The zero-order chi connectivity index (χ0) is 13.8. The van der Waals surface area contributed by atoms with Gasteiger partial charge in [0.05, 0.1) is 0 Å². The maximum absolute atomic E-state index is 9.73. The van der Waals surface area contributed by atoms with Crippen molar-refractivity contribution in [1.29, 1.82) is 0 Å². The van der Waals surface area contributed by atoms with Crippen LogP contribution in [-0.2, 0) is 11.3 Å². The van der Waals surface area contributed by atoms with Crippen molar-refractivity contribution in [2.75, 3.05) is 13.2 Å². The first-order valence-corrected chi connectivity index (χ1v) is 6.63. The molecule has 0 bridgehead atoms. The highest BCUT2D eigenvalue weighted by Gasteiger charge is 2.20. The predicted octanol–water partition coefficient (Wildman–Crippen LogP) is 1.71. The molecule has 0 aromatic heterocycles. The van der Waals surface area contributed by atoms with Gasteiger partial charge in [0.2, 0.25) is 5.75 Å². The van der Waals surface area contributed by atoms with Crippen molar-refractivity contribution in [3.63, 3.8) is 0 Å². The third kappa shape index (κ3) is 3.30. The average molecular weight is 267 g/mol. The minimum Gasteiger partial charge on any atom is -0.504 e. The molecule has 1 aliphatic heterocycles. The fraction of sp³-hybridized carbons (Fsp3) is 0.571. The maximum atomic E-state index is 9.73. The Morgan fingerprint density at radius 2 is 1.89 bits per heavy atom. The molecule has 19 heavy (non-hydrogen) atoms. The van der Waals surface area contributed by atoms with Gasteiger partial charge in [-0.15, -0.1) is 0 Å². The zero-order valence-electron chi connectivity index (χ0n) is 11.1. The molecule has 0 radical (unpaired) electrons. The Morgan fingerprint density at radius 3 is 2.58 bits per heavy atom. The number of benzene rings is 1. The van der Waals surface area contributed by atoms with Gasteiger partial charge in [-0.25, -0.2) is 0 Å². The normalized spacial score (nSPS) is 18.4. The van der Waals surface area contributed by atoms with Crippen LogP contribution in [0, 0.1) is 5.92 Å². The first-order valence-electron chi connectivity index (χ1n) is 6.63. The van der Waals surface area contributed by atoms with E-state index < -0.39 is 5.75 Å². The van der Waals surface area contributed by atoms with Gasteiger partial charge in [-0.1, -0.05) is 6.07 Å². The molecular weight excluding hydrogens is 246 g/mol. The summed E-state index contributed by atoms with van der Waals surface area (Å²) in [6.07, 6.45) is 2.09. The standard InChI is InChI=1S/C14H21NO4/c1-9(10-4-6-19-7-5-10)15-8-11-2-3-12(16)14(18)13(11)17/h2-3,9-10,15-18H,4-8H2,1H3. The smallest absolute Gasteiger partial charge is 0.200 e. The van der Waals surface area contributed by atoms with Crippen LogP contribution < -0.4 is 5.32 Å². The van der Waals surface area contributed by atoms with Crippen LogP contribution in [0.3, 0.4) is 0 Å². The minimum atomic E-state index is -0.460. The van der Waals surface area contributed by atoms with Gasteiger partial charge >= 0.3 is 0 Å². The Balaban J connectivity index is 1.93.